The molecule has 3 rings (SSSR count). The van der Waals surface area contributed by atoms with Gasteiger partial charge in [-0.05, 0) is 24.1 Å². The van der Waals surface area contributed by atoms with Crippen molar-refractivity contribution in [1.29, 1.82) is 0 Å². The van der Waals surface area contributed by atoms with Crippen LogP contribution >= 0.6 is 0 Å². The summed E-state index contributed by atoms with van der Waals surface area (Å²) in [5.74, 6) is 0.643. The second kappa shape index (κ2) is 9.12. The Balaban J connectivity index is 1.53. The van der Waals surface area contributed by atoms with Gasteiger partial charge >= 0.3 is 0 Å². The minimum absolute atomic E-state index is 0.0894. The number of hydrogen-bond acceptors (Lipinski definition) is 5. The van der Waals surface area contributed by atoms with Crippen LogP contribution in [0, 0.1) is 0 Å². The van der Waals surface area contributed by atoms with Crippen LogP contribution < -0.4 is 4.72 Å². The average Bonchev–Trinajstić information content (AvgIpc) is 3.10. The van der Waals surface area contributed by atoms with E-state index in [2.05, 4.69) is 9.71 Å². The van der Waals surface area contributed by atoms with Crippen molar-refractivity contribution in [3.05, 3.63) is 66.2 Å². The van der Waals surface area contributed by atoms with Crippen molar-refractivity contribution in [2.45, 2.75) is 29.9 Å². The third kappa shape index (κ3) is 5.15. The van der Waals surface area contributed by atoms with Gasteiger partial charge in [-0.3, -0.25) is 0 Å². The van der Waals surface area contributed by atoms with Gasteiger partial charge < -0.3 is 9.47 Å². The van der Waals surface area contributed by atoms with Crippen molar-refractivity contribution >= 4 is 15.9 Å². The molecule has 2 atom stereocenters. The minimum Gasteiger partial charge on any atom is -0.471 e. The topological polar surface area (TPSA) is 77.0 Å². The molecule has 1 N–H and O–H groups in total. The highest BCUT2D eigenvalue weighted by Crippen LogP contribution is 2.30. The fourth-order valence-electron chi connectivity index (χ4n) is 2.99. The average molecular weight is 388 g/mol. The fourth-order valence-corrected chi connectivity index (χ4v) is 4.08. The number of hydrogen-bond donors (Lipinski definition) is 1. The fraction of sp³-hybridized carbons (Fsp3) is 0.350. The van der Waals surface area contributed by atoms with Gasteiger partial charge in [-0.25, -0.2) is 18.1 Å². The molecule has 6 nitrogen and oxygen atoms in total. The number of aliphatic imine (C=N–C) groups is 1. The van der Waals surface area contributed by atoms with E-state index >= 15 is 0 Å². The first-order valence-corrected chi connectivity index (χ1v) is 10.4. The van der Waals surface area contributed by atoms with Gasteiger partial charge in [-0.15, -0.1) is 0 Å². The summed E-state index contributed by atoms with van der Waals surface area (Å²) in [5.41, 5.74) is 1.06. The molecule has 1 aliphatic rings. The summed E-state index contributed by atoms with van der Waals surface area (Å²) in [6.07, 6.45) is 1.01. The van der Waals surface area contributed by atoms with Gasteiger partial charge in [0.1, 0.15) is 12.1 Å². The standard InChI is InChI=1S/C20H24N2O4S/c1-25-15-18-20(16-9-4-2-5-10-16)26-19(22-18)13-8-14-21-27(23,24)17-11-6-3-7-12-17/h2-7,9-12,18,20-21H,8,13-15H2,1H3/t18-,20-/m0/s1. The van der Waals surface area contributed by atoms with Crippen molar-refractivity contribution < 1.29 is 17.9 Å². The maximum Gasteiger partial charge on any atom is 0.240 e. The van der Waals surface area contributed by atoms with Crippen LogP contribution in [0.4, 0.5) is 0 Å². The normalized spacial score (nSPS) is 19.5. The van der Waals surface area contributed by atoms with Crippen molar-refractivity contribution in [1.82, 2.24) is 4.72 Å². The van der Waals surface area contributed by atoms with Crippen LogP contribution in [0.2, 0.25) is 0 Å². The van der Waals surface area contributed by atoms with Crippen molar-refractivity contribution in [3.8, 4) is 0 Å². The molecule has 0 saturated heterocycles. The Hall–Kier alpha value is -2.22. The van der Waals surface area contributed by atoms with E-state index in [-0.39, 0.29) is 17.0 Å². The zero-order valence-corrected chi connectivity index (χ0v) is 16.1. The number of rotatable bonds is 9. The molecule has 0 aliphatic carbocycles. The lowest BCUT2D eigenvalue weighted by molar-refractivity contribution is 0.118. The molecule has 0 unspecified atom stereocenters. The molecular formula is C20H24N2O4S. The van der Waals surface area contributed by atoms with Gasteiger partial charge in [-0.1, -0.05) is 48.5 Å². The second-order valence-corrected chi connectivity index (χ2v) is 8.08. The molecule has 2 aromatic rings. The molecule has 2 aromatic carbocycles. The molecule has 144 valence electrons. The predicted molar refractivity (Wildman–Crippen MR) is 104 cm³/mol. The van der Waals surface area contributed by atoms with E-state index < -0.39 is 10.0 Å². The number of methoxy groups -OCH3 is 1. The summed E-state index contributed by atoms with van der Waals surface area (Å²) in [5, 5.41) is 0. The van der Waals surface area contributed by atoms with Crippen LogP contribution in [-0.2, 0) is 19.5 Å². The molecular weight excluding hydrogens is 364 g/mol. The third-order valence-corrected chi connectivity index (χ3v) is 5.78. The minimum atomic E-state index is -3.48. The summed E-state index contributed by atoms with van der Waals surface area (Å²) >= 11 is 0. The highest BCUT2D eigenvalue weighted by molar-refractivity contribution is 7.89. The molecule has 0 bridgehead atoms. The number of ether oxygens (including phenoxy) is 2. The Labute approximate surface area is 160 Å². The Bertz CT molecular complexity index is 854. The maximum absolute atomic E-state index is 12.2. The van der Waals surface area contributed by atoms with E-state index in [1.165, 1.54) is 0 Å². The number of nitrogens with zero attached hydrogens (tertiary/aromatic N) is 1. The van der Waals surface area contributed by atoms with E-state index in [4.69, 9.17) is 9.47 Å². The first kappa shape index (κ1) is 19.5. The van der Waals surface area contributed by atoms with E-state index in [1.54, 1.807) is 37.4 Å². The quantitative estimate of drug-likeness (QED) is 0.670. The Morgan fingerprint density at radius 2 is 1.74 bits per heavy atom. The van der Waals surface area contributed by atoms with E-state index in [9.17, 15) is 8.42 Å². The molecule has 7 heteroatoms. The molecule has 0 amide bonds. The molecule has 0 radical (unpaired) electrons. The van der Waals surface area contributed by atoms with Gasteiger partial charge in [0.05, 0.1) is 11.5 Å². The summed E-state index contributed by atoms with van der Waals surface area (Å²) in [4.78, 5) is 4.89. The molecule has 27 heavy (non-hydrogen) atoms. The second-order valence-electron chi connectivity index (χ2n) is 6.31. The maximum atomic E-state index is 12.2. The largest absolute Gasteiger partial charge is 0.471 e. The number of sulfonamides is 1. The number of nitrogens with one attached hydrogen (secondary N) is 1. The van der Waals surface area contributed by atoms with E-state index in [0.29, 0.717) is 31.9 Å². The lowest BCUT2D eigenvalue weighted by Crippen LogP contribution is -2.25. The van der Waals surface area contributed by atoms with Gasteiger partial charge in [0.2, 0.25) is 10.0 Å². The highest BCUT2D eigenvalue weighted by atomic mass is 32.2. The van der Waals surface area contributed by atoms with Crippen molar-refractivity contribution in [2.24, 2.45) is 4.99 Å². The van der Waals surface area contributed by atoms with Crippen molar-refractivity contribution in [2.75, 3.05) is 20.3 Å². The zero-order chi connectivity index (χ0) is 19.1. The summed E-state index contributed by atoms with van der Waals surface area (Å²) in [7, 11) is -1.83. The highest BCUT2D eigenvalue weighted by Gasteiger charge is 2.31. The van der Waals surface area contributed by atoms with Gasteiger partial charge in [-0.2, -0.15) is 0 Å². The molecule has 0 saturated carbocycles. The van der Waals surface area contributed by atoms with Crippen LogP contribution in [0.15, 0.2) is 70.6 Å². The molecule has 0 spiro atoms. The van der Waals surface area contributed by atoms with Crippen LogP contribution in [0.1, 0.15) is 24.5 Å². The first-order valence-electron chi connectivity index (χ1n) is 8.92. The third-order valence-electron chi connectivity index (χ3n) is 4.30. The molecule has 1 aliphatic heterocycles. The SMILES string of the molecule is COC[C@@H]1N=C(CCCNS(=O)(=O)c2ccccc2)O[C@H]1c1ccccc1. The van der Waals surface area contributed by atoms with Gasteiger partial charge in [0, 0.05) is 20.1 Å². The Morgan fingerprint density at radius 1 is 1.07 bits per heavy atom. The van der Waals surface area contributed by atoms with Crippen molar-refractivity contribution in [3.63, 3.8) is 0 Å². The summed E-state index contributed by atoms with van der Waals surface area (Å²) in [6.45, 7) is 0.800. The van der Waals surface area contributed by atoms with Crippen LogP contribution in [0.25, 0.3) is 0 Å². The van der Waals surface area contributed by atoms with E-state index in [0.717, 1.165) is 5.56 Å². The molecule has 0 aromatic heterocycles. The smallest absolute Gasteiger partial charge is 0.240 e. The lowest BCUT2D eigenvalue weighted by Gasteiger charge is -2.17. The summed E-state index contributed by atoms with van der Waals surface area (Å²) in [6, 6.07) is 18.2. The van der Waals surface area contributed by atoms with Crippen LogP contribution in [-0.4, -0.2) is 40.6 Å². The molecule has 1 heterocycles. The molecule has 0 fully saturated rings. The number of benzene rings is 2. The van der Waals surface area contributed by atoms with E-state index in [1.807, 2.05) is 30.3 Å². The van der Waals surface area contributed by atoms with Crippen LogP contribution in [0.5, 0.6) is 0 Å². The monoisotopic (exact) mass is 388 g/mol. The van der Waals surface area contributed by atoms with Gasteiger partial charge in [0.15, 0.2) is 5.90 Å². The Morgan fingerprint density at radius 3 is 2.41 bits per heavy atom. The Kier molecular flexibility index (Phi) is 6.60. The predicted octanol–water partition coefficient (Wildman–Crippen LogP) is 2.93. The zero-order valence-electron chi connectivity index (χ0n) is 15.2. The first-order chi connectivity index (χ1) is 13.1. The van der Waals surface area contributed by atoms with Crippen LogP contribution in [0.3, 0.4) is 0 Å². The lowest BCUT2D eigenvalue weighted by atomic mass is 10.0. The summed E-state index contributed by atoms with van der Waals surface area (Å²) < 4.78 is 38.3. The van der Waals surface area contributed by atoms with Gasteiger partial charge in [0.25, 0.3) is 0 Å².